The molecular formula is C22H23N3O7S. The van der Waals surface area contributed by atoms with Crippen LogP contribution in [-0.2, 0) is 20.9 Å². The molecule has 1 N–H and O–H groups in total. The number of rotatable bonds is 12. The van der Waals surface area contributed by atoms with Crippen molar-refractivity contribution in [1.29, 1.82) is 0 Å². The molecule has 1 amide bonds. The summed E-state index contributed by atoms with van der Waals surface area (Å²) in [7, 11) is 3.06. The molecule has 174 valence electrons. The van der Waals surface area contributed by atoms with Gasteiger partial charge in [-0.05, 0) is 23.6 Å². The molecule has 3 aromatic rings. The number of thiophene rings is 1. The van der Waals surface area contributed by atoms with Crippen LogP contribution in [0.1, 0.15) is 34.8 Å². The topological polar surface area (TPSA) is 130 Å². The number of nitrogens with one attached hydrogen (secondary N) is 1. The molecule has 2 aromatic heterocycles. The van der Waals surface area contributed by atoms with Gasteiger partial charge >= 0.3 is 5.97 Å². The minimum Gasteiger partial charge on any atom is -0.497 e. The van der Waals surface area contributed by atoms with Crippen molar-refractivity contribution >= 4 is 29.0 Å². The van der Waals surface area contributed by atoms with Crippen LogP contribution in [0.5, 0.6) is 11.5 Å². The zero-order chi connectivity index (χ0) is 23.6. The highest BCUT2D eigenvalue weighted by atomic mass is 32.1. The molecule has 0 bridgehead atoms. The Bertz CT molecular complexity index is 1100. The molecule has 0 spiro atoms. The molecule has 0 radical (unpaired) electrons. The first-order valence-electron chi connectivity index (χ1n) is 10.0. The van der Waals surface area contributed by atoms with Crippen molar-refractivity contribution in [3.05, 3.63) is 46.5 Å². The van der Waals surface area contributed by atoms with E-state index in [2.05, 4.69) is 15.5 Å². The van der Waals surface area contributed by atoms with Gasteiger partial charge in [0.25, 0.3) is 5.89 Å². The van der Waals surface area contributed by atoms with Gasteiger partial charge in [0.05, 0.1) is 31.1 Å². The third-order valence-corrected chi connectivity index (χ3v) is 5.41. The van der Waals surface area contributed by atoms with Gasteiger partial charge in [0.1, 0.15) is 11.5 Å². The van der Waals surface area contributed by atoms with Gasteiger partial charge in [-0.3, -0.25) is 14.4 Å². The number of carbonyl (C=O) groups excluding carboxylic acids is 3. The van der Waals surface area contributed by atoms with E-state index in [9.17, 15) is 14.4 Å². The Morgan fingerprint density at radius 2 is 1.94 bits per heavy atom. The van der Waals surface area contributed by atoms with Crippen molar-refractivity contribution in [2.24, 2.45) is 0 Å². The fourth-order valence-electron chi connectivity index (χ4n) is 2.80. The summed E-state index contributed by atoms with van der Waals surface area (Å²) in [6.45, 7) is -0.101. The SMILES string of the molecule is COc1ccc(-c2noc(COC(=O)CCNC(=O)CCC(=O)c3cccs3)n2)c(OC)c1. The van der Waals surface area contributed by atoms with Crippen LogP contribution in [0.25, 0.3) is 11.4 Å². The number of hydrogen-bond acceptors (Lipinski definition) is 10. The molecule has 33 heavy (non-hydrogen) atoms. The summed E-state index contributed by atoms with van der Waals surface area (Å²) in [6, 6.07) is 8.67. The number of benzene rings is 1. The maximum atomic E-state index is 11.9. The highest BCUT2D eigenvalue weighted by Gasteiger charge is 2.16. The number of methoxy groups -OCH3 is 2. The molecule has 0 unspecified atom stereocenters. The average Bonchev–Trinajstić information content (AvgIpc) is 3.53. The molecule has 0 saturated carbocycles. The van der Waals surface area contributed by atoms with Crippen molar-refractivity contribution in [2.45, 2.75) is 25.9 Å². The molecule has 1 aromatic carbocycles. The summed E-state index contributed by atoms with van der Waals surface area (Å²) in [5.74, 6) is 0.610. The lowest BCUT2D eigenvalue weighted by Crippen LogP contribution is -2.26. The number of hydrogen-bond donors (Lipinski definition) is 1. The van der Waals surface area contributed by atoms with E-state index < -0.39 is 5.97 Å². The van der Waals surface area contributed by atoms with E-state index in [1.807, 2.05) is 5.38 Å². The molecule has 0 aliphatic rings. The van der Waals surface area contributed by atoms with Crippen LogP contribution in [0.4, 0.5) is 0 Å². The molecule has 0 saturated heterocycles. The van der Waals surface area contributed by atoms with E-state index in [4.69, 9.17) is 18.7 Å². The quantitative estimate of drug-likeness (QED) is 0.311. The standard InChI is InChI=1S/C22H23N3O7S/c1-29-14-5-6-15(17(12-14)30-2)22-24-20(32-25-22)13-31-21(28)9-10-23-19(27)8-7-16(26)18-4-3-11-33-18/h3-6,11-12H,7-10,13H2,1-2H3,(H,23,27). The minimum atomic E-state index is -0.535. The average molecular weight is 474 g/mol. The van der Waals surface area contributed by atoms with Crippen molar-refractivity contribution in [3.63, 3.8) is 0 Å². The van der Waals surface area contributed by atoms with Gasteiger partial charge in [-0.25, -0.2) is 0 Å². The Labute approximate surface area is 193 Å². The van der Waals surface area contributed by atoms with E-state index >= 15 is 0 Å². The Morgan fingerprint density at radius 3 is 2.67 bits per heavy atom. The number of carbonyl (C=O) groups is 3. The normalized spacial score (nSPS) is 10.5. The van der Waals surface area contributed by atoms with Gasteiger partial charge in [0.2, 0.25) is 11.7 Å². The molecule has 0 aliphatic carbocycles. The number of nitrogens with zero attached hydrogens (tertiary/aromatic N) is 2. The molecule has 10 nitrogen and oxygen atoms in total. The van der Waals surface area contributed by atoms with Gasteiger partial charge in [0, 0.05) is 25.5 Å². The van der Waals surface area contributed by atoms with Crippen LogP contribution in [0.3, 0.4) is 0 Å². The van der Waals surface area contributed by atoms with Gasteiger partial charge < -0.3 is 24.1 Å². The predicted molar refractivity (Wildman–Crippen MR) is 118 cm³/mol. The lowest BCUT2D eigenvalue weighted by Gasteiger charge is -2.07. The van der Waals surface area contributed by atoms with Crippen LogP contribution in [0.2, 0.25) is 0 Å². The lowest BCUT2D eigenvalue weighted by molar-refractivity contribution is -0.145. The molecule has 11 heteroatoms. The fraction of sp³-hybridized carbons (Fsp3) is 0.318. The number of ketones is 1. The summed E-state index contributed by atoms with van der Waals surface area (Å²) in [5, 5.41) is 8.29. The van der Waals surface area contributed by atoms with Crippen molar-refractivity contribution in [1.82, 2.24) is 15.5 Å². The second kappa shape index (κ2) is 11.8. The van der Waals surface area contributed by atoms with E-state index in [-0.39, 0.29) is 55.8 Å². The van der Waals surface area contributed by atoms with Gasteiger partial charge in [-0.1, -0.05) is 11.2 Å². The van der Waals surface area contributed by atoms with E-state index in [0.29, 0.717) is 21.9 Å². The van der Waals surface area contributed by atoms with Crippen molar-refractivity contribution in [2.75, 3.05) is 20.8 Å². The van der Waals surface area contributed by atoms with Gasteiger partial charge in [-0.2, -0.15) is 4.98 Å². The summed E-state index contributed by atoms with van der Waals surface area (Å²) in [5.41, 5.74) is 0.597. The van der Waals surface area contributed by atoms with Gasteiger partial charge in [-0.15, -0.1) is 11.3 Å². The maximum Gasteiger partial charge on any atom is 0.308 e. The molecule has 0 atom stereocenters. The lowest BCUT2D eigenvalue weighted by atomic mass is 10.2. The number of amides is 1. The first-order valence-corrected chi connectivity index (χ1v) is 10.9. The predicted octanol–water partition coefficient (Wildman–Crippen LogP) is 3.03. The summed E-state index contributed by atoms with van der Waals surface area (Å²) in [4.78, 5) is 40.5. The zero-order valence-electron chi connectivity index (χ0n) is 18.2. The number of ether oxygens (including phenoxy) is 3. The Kier molecular flexibility index (Phi) is 8.53. The second-order valence-corrected chi connectivity index (χ2v) is 7.69. The van der Waals surface area contributed by atoms with Crippen LogP contribution in [0.15, 0.2) is 40.2 Å². The third kappa shape index (κ3) is 6.88. The number of esters is 1. The molecule has 0 aliphatic heterocycles. The first kappa shape index (κ1) is 23.9. The Balaban J connectivity index is 1.39. The molecule has 3 rings (SSSR count). The molecule has 2 heterocycles. The highest BCUT2D eigenvalue weighted by molar-refractivity contribution is 7.12. The smallest absolute Gasteiger partial charge is 0.308 e. The minimum absolute atomic E-state index is 0.0299. The van der Waals surface area contributed by atoms with E-state index in [1.54, 1.807) is 37.4 Å². The number of Topliss-reactive ketones (excluding diaryl/α,β-unsaturated/α-hetero) is 1. The van der Waals surface area contributed by atoms with E-state index in [0.717, 1.165) is 0 Å². The first-order chi connectivity index (χ1) is 16.0. The van der Waals surface area contributed by atoms with Crippen LogP contribution >= 0.6 is 11.3 Å². The van der Waals surface area contributed by atoms with Crippen LogP contribution in [0, 0.1) is 0 Å². The third-order valence-electron chi connectivity index (χ3n) is 4.50. The summed E-state index contributed by atoms with van der Waals surface area (Å²) < 4.78 is 20.7. The monoisotopic (exact) mass is 473 g/mol. The maximum absolute atomic E-state index is 11.9. The zero-order valence-corrected chi connectivity index (χ0v) is 19.0. The summed E-state index contributed by atoms with van der Waals surface area (Å²) in [6.07, 6.45) is 0.151. The van der Waals surface area contributed by atoms with E-state index in [1.165, 1.54) is 18.4 Å². The number of aromatic nitrogens is 2. The second-order valence-electron chi connectivity index (χ2n) is 6.74. The van der Waals surface area contributed by atoms with Gasteiger partial charge in [0.15, 0.2) is 12.4 Å². The largest absolute Gasteiger partial charge is 0.497 e. The highest BCUT2D eigenvalue weighted by Crippen LogP contribution is 2.31. The fourth-order valence-corrected chi connectivity index (χ4v) is 3.49. The molecule has 0 fully saturated rings. The Hall–Kier alpha value is -3.73. The van der Waals surface area contributed by atoms with Crippen molar-refractivity contribution < 1.29 is 33.1 Å². The Morgan fingerprint density at radius 1 is 1.09 bits per heavy atom. The molecular weight excluding hydrogens is 450 g/mol. The van der Waals surface area contributed by atoms with Crippen molar-refractivity contribution in [3.8, 4) is 22.9 Å². The van der Waals surface area contributed by atoms with Crippen LogP contribution < -0.4 is 14.8 Å². The summed E-state index contributed by atoms with van der Waals surface area (Å²) >= 11 is 1.34. The van der Waals surface area contributed by atoms with Crippen LogP contribution in [-0.4, -0.2) is 48.6 Å².